The average molecular weight is 572 g/mol. The number of nitrogens with one attached hydrogen (secondary N) is 1. The Hall–Kier alpha value is -4.22. The lowest BCUT2D eigenvalue weighted by molar-refractivity contribution is -0.113. The van der Waals surface area contributed by atoms with E-state index in [4.69, 9.17) is 20.4 Å². The van der Waals surface area contributed by atoms with Gasteiger partial charge in [0.25, 0.3) is 0 Å². The van der Waals surface area contributed by atoms with E-state index in [2.05, 4.69) is 49.1 Å². The van der Waals surface area contributed by atoms with Gasteiger partial charge in [0.1, 0.15) is 11.6 Å². The number of likely N-dealkylation sites (tertiary alicyclic amines) is 1. The molecule has 3 N–H and O–H groups in total. The summed E-state index contributed by atoms with van der Waals surface area (Å²) in [6.07, 6.45) is 5.91. The van der Waals surface area contributed by atoms with Crippen LogP contribution in [0.4, 0.5) is 28.8 Å². The molecular weight excluding hydrogens is 530 g/mol. The number of primary amides is 1. The van der Waals surface area contributed by atoms with E-state index < -0.39 is 5.91 Å². The van der Waals surface area contributed by atoms with Gasteiger partial charge in [0, 0.05) is 73.9 Å². The first-order valence-electron chi connectivity index (χ1n) is 14.2. The van der Waals surface area contributed by atoms with Gasteiger partial charge in [-0.2, -0.15) is 4.98 Å². The molecular formula is C31H41N9O2. The molecule has 1 atom stereocenters. The minimum Gasteiger partial charge on any atom is -0.494 e. The van der Waals surface area contributed by atoms with E-state index in [0.29, 0.717) is 17.4 Å². The lowest BCUT2D eigenvalue weighted by Crippen LogP contribution is -2.35. The SMILES string of the molecule is COc1cc(N(C)CCN(C)C)c(C=CC(N)=O)cc1Nc1nccc(N2CC3(CCN(C)C3)c3nc(C)ccc32)n1. The summed E-state index contributed by atoms with van der Waals surface area (Å²) in [5.74, 6) is 1.36. The first-order chi connectivity index (χ1) is 20.1. The van der Waals surface area contributed by atoms with Crippen LogP contribution >= 0.6 is 0 Å². The van der Waals surface area contributed by atoms with Crippen molar-refractivity contribution in [2.24, 2.45) is 5.73 Å². The van der Waals surface area contributed by atoms with Gasteiger partial charge in [-0.3, -0.25) is 9.78 Å². The summed E-state index contributed by atoms with van der Waals surface area (Å²) in [5.41, 5.74) is 11.1. The zero-order valence-corrected chi connectivity index (χ0v) is 25.4. The number of ether oxygens (including phenoxy) is 1. The second-order valence-corrected chi connectivity index (χ2v) is 11.6. The smallest absolute Gasteiger partial charge is 0.241 e. The molecule has 3 aromatic rings. The lowest BCUT2D eigenvalue weighted by Gasteiger charge is -2.25. The van der Waals surface area contributed by atoms with Gasteiger partial charge in [0.15, 0.2) is 0 Å². The highest BCUT2D eigenvalue weighted by atomic mass is 16.5. The van der Waals surface area contributed by atoms with Crippen molar-refractivity contribution >= 4 is 40.8 Å². The number of amides is 1. The number of aryl methyl sites for hydroxylation is 1. The molecule has 222 valence electrons. The summed E-state index contributed by atoms with van der Waals surface area (Å²) in [4.78, 5) is 34.9. The van der Waals surface area contributed by atoms with Crippen LogP contribution in [-0.2, 0) is 10.2 Å². The highest BCUT2D eigenvalue weighted by Gasteiger charge is 2.48. The van der Waals surface area contributed by atoms with E-state index in [1.807, 2.05) is 46.3 Å². The van der Waals surface area contributed by atoms with Crippen LogP contribution in [0.1, 0.15) is 23.4 Å². The van der Waals surface area contributed by atoms with Crippen LogP contribution in [0.5, 0.6) is 5.75 Å². The maximum atomic E-state index is 11.6. The third-order valence-corrected chi connectivity index (χ3v) is 8.05. The Balaban J connectivity index is 1.48. The molecule has 1 unspecified atom stereocenters. The molecule has 1 spiro atoms. The molecule has 5 rings (SSSR count). The molecule has 2 aliphatic heterocycles. The van der Waals surface area contributed by atoms with Crippen molar-refractivity contribution in [3.63, 3.8) is 0 Å². The average Bonchev–Trinajstić information content (AvgIpc) is 3.49. The number of aromatic nitrogens is 3. The molecule has 2 aliphatic rings. The molecule has 1 saturated heterocycles. The third kappa shape index (κ3) is 6.02. The van der Waals surface area contributed by atoms with Crippen LogP contribution in [0, 0.1) is 6.92 Å². The van der Waals surface area contributed by atoms with Gasteiger partial charge in [0.2, 0.25) is 11.9 Å². The lowest BCUT2D eigenvalue weighted by atomic mass is 9.85. The molecule has 2 aromatic heterocycles. The Morgan fingerprint density at radius 3 is 2.67 bits per heavy atom. The van der Waals surface area contributed by atoms with Crippen molar-refractivity contribution in [1.29, 1.82) is 0 Å². The van der Waals surface area contributed by atoms with Gasteiger partial charge >= 0.3 is 0 Å². The fraction of sp³-hybridized carbons (Fsp3) is 0.419. The third-order valence-electron chi connectivity index (χ3n) is 8.05. The van der Waals surface area contributed by atoms with Crippen LogP contribution < -0.4 is 25.6 Å². The van der Waals surface area contributed by atoms with Crippen molar-refractivity contribution in [2.45, 2.75) is 18.8 Å². The van der Waals surface area contributed by atoms with E-state index in [1.165, 1.54) is 6.08 Å². The monoisotopic (exact) mass is 571 g/mol. The van der Waals surface area contributed by atoms with Crippen molar-refractivity contribution in [1.82, 2.24) is 24.8 Å². The number of rotatable bonds is 10. The van der Waals surface area contributed by atoms with Crippen LogP contribution in [0.2, 0.25) is 0 Å². The Kier molecular flexibility index (Phi) is 8.33. The van der Waals surface area contributed by atoms with Crippen LogP contribution in [0.3, 0.4) is 0 Å². The van der Waals surface area contributed by atoms with Crippen molar-refractivity contribution < 1.29 is 9.53 Å². The maximum absolute atomic E-state index is 11.6. The number of carbonyl (C=O) groups excluding carboxylic acids is 1. The molecule has 4 heterocycles. The predicted octanol–water partition coefficient (Wildman–Crippen LogP) is 3.15. The number of likely N-dealkylation sites (N-methyl/N-ethyl adjacent to an activating group) is 3. The highest BCUT2D eigenvalue weighted by molar-refractivity contribution is 5.92. The van der Waals surface area contributed by atoms with Crippen molar-refractivity contribution in [2.75, 3.05) is 83.1 Å². The van der Waals surface area contributed by atoms with E-state index in [0.717, 1.165) is 73.3 Å². The molecule has 11 heteroatoms. The fourth-order valence-corrected chi connectivity index (χ4v) is 5.87. The number of nitrogens with two attached hydrogens (primary N) is 1. The van der Waals surface area contributed by atoms with Gasteiger partial charge in [0.05, 0.1) is 24.2 Å². The fourth-order valence-electron chi connectivity index (χ4n) is 5.87. The second-order valence-electron chi connectivity index (χ2n) is 11.6. The molecule has 42 heavy (non-hydrogen) atoms. The summed E-state index contributed by atoms with van der Waals surface area (Å²) >= 11 is 0. The number of hydrogen-bond acceptors (Lipinski definition) is 10. The highest BCUT2D eigenvalue weighted by Crippen LogP contribution is 2.47. The maximum Gasteiger partial charge on any atom is 0.241 e. The quantitative estimate of drug-likeness (QED) is 0.352. The summed E-state index contributed by atoms with van der Waals surface area (Å²) in [6.45, 7) is 6.54. The molecule has 1 fully saturated rings. The first kappa shape index (κ1) is 29.3. The first-order valence-corrected chi connectivity index (χ1v) is 14.2. The van der Waals surface area contributed by atoms with Crippen molar-refractivity contribution in [3.8, 4) is 5.75 Å². The van der Waals surface area contributed by atoms with Gasteiger partial charge in [-0.05, 0) is 71.4 Å². The number of pyridine rings is 1. The summed E-state index contributed by atoms with van der Waals surface area (Å²) < 4.78 is 5.78. The van der Waals surface area contributed by atoms with Gasteiger partial charge in [-0.15, -0.1) is 0 Å². The van der Waals surface area contributed by atoms with Gasteiger partial charge in [-0.1, -0.05) is 0 Å². The summed E-state index contributed by atoms with van der Waals surface area (Å²) in [5, 5.41) is 3.36. The zero-order valence-electron chi connectivity index (χ0n) is 25.4. The Morgan fingerprint density at radius 1 is 1.17 bits per heavy atom. The van der Waals surface area contributed by atoms with E-state index in [1.54, 1.807) is 19.4 Å². The number of anilines is 5. The van der Waals surface area contributed by atoms with Crippen LogP contribution in [0.15, 0.2) is 42.6 Å². The molecule has 0 saturated carbocycles. The van der Waals surface area contributed by atoms with Crippen LogP contribution in [0.25, 0.3) is 6.08 Å². The molecule has 11 nitrogen and oxygen atoms in total. The summed E-state index contributed by atoms with van der Waals surface area (Å²) in [6, 6.07) is 10.0. The molecule has 1 amide bonds. The molecule has 1 aromatic carbocycles. The Bertz CT molecular complexity index is 1490. The minimum atomic E-state index is -0.514. The van der Waals surface area contributed by atoms with Crippen LogP contribution in [-0.4, -0.2) is 98.7 Å². The standard InChI is InChI=1S/C31H41N9O2/c1-21-7-9-24-29(34-21)31(12-14-38(4)19-31)20-40(24)28-11-13-33-30(36-28)35-23-17-22(8-10-27(32)41)25(18-26(23)42-6)39(5)16-15-37(2)3/h7-11,13,17-18H,12,14-16,19-20H2,1-6H3,(H2,32,41)(H,33,35,36). The van der Waals surface area contributed by atoms with Crippen molar-refractivity contribution in [3.05, 3.63) is 59.6 Å². The minimum absolute atomic E-state index is 0.0199. The second kappa shape index (κ2) is 11.9. The number of methoxy groups -OCH3 is 1. The zero-order chi connectivity index (χ0) is 30.0. The van der Waals surface area contributed by atoms with Gasteiger partial charge in [-0.25, -0.2) is 4.98 Å². The number of fused-ring (bicyclic) bond motifs is 2. The number of hydrogen-bond donors (Lipinski definition) is 2. The number of carbonyl (C=O) groups is 1. The number of nitrogens with zero attached hydrogens (tertiary/aromatic N) is 7. The normalized spacial score (nSPS) is 18.3. The van der Waals surface area contributed by atoms with E-state index >= 15 is 0 Å². The largest absolute Gasteiger partial charge is 0.494 e. The molecule has 0 aliphatic carbocycles. The molecule has 0 bridgehead atoms. The number of benzene rings is 1. The topological polar surface area (TPSA) is 116 Å². The predicted molar refractivity (Wildman–Crippen MR) is 168 cm³/mol. The van der Waals surface area contributed by atoms with Gasteiger partial charge < -0.3 is 35.4 Å². The Labute approximate surface area is 248 Å². The Morgan fingerprint density at radius 2 is 1.98 bits per heavy atom. The van der Waals surface area contributed by atoms with E-state index in [-0.39, 0.29) is 5.41 Å². The van der Waals surface area contributed by atoms with E-state index in [9.17, 15) is 4.79 Å². The molecule has 0 radical (unpaired) electrons. The summed E-state index contributed by atoms with van der Waals surface area (Å²) in [7, 11) is 9.89.